The van der Waals surface area contributed by atoms with Crippen LogP contribution in [0.2, 0.25) is 0 Å². The molecule has 2 rings (SSSR count). The fourth-order valence-corrected chi connectivity index (χ4v) is 2.80. The summed E-state index contributed by atoms with van der Waals surface area (Å²) in [5.41, 5.74) is 6.31. The third kappa shape index (κ3) is 2.66. The number of nitrogen functional groups attached to an aromatic ring is 1. The van der Waals surface area contributed by atoms with Crippen molar-refractivity contribution in [1.82, 2.24) is 9.88 Å². The molecule has 0 aliphatic carbocycles. The second kappa shape index (κ2) is 5.69. The van der Waals surface area contributed by atoms with Crippen LogP contribution < -0.4 is 5.73 Å². The molecule has 2 N–H and O–H groups in total. The Balaban J connectivity index is 2.26. The topological polar surface area (TPSA) is 59.2 Å². The molecule has 0 saturated carbocycles. The number of nitrogens with two attached hydrogens (primary N) is 1. The van der Waals surface area contributed by atoms with Gasteiger partial charge in [-0.25, -0.2) is 4.98 Å². The number of carbonyl (C=O) groups excluding carboxylic acids is 1. The van der Waals surface area contributed by atoms with Crippen LogP contribution in [0.1, 0.15) is 43.0 Å². The molecule has 98 valence electrons. The number of pyridine rings is 1. The summed E-state index contributed by atoms with van der Waals surface area (Å²) in [5, 5.41) is 0. The third-order valence-electron chi connectivity index (χ3n) is 3.47. The fraction of sp³-hybridized carbons (Fsp3) is 0.538. The maximum absolute atomic E-state index is 12.5. The normalized spacial score (nSPS) is 19.9. The Hall–Kier alpha value is -1.10. The van der Waals surface area contributed by atoms with E-state index in [1.165, 1.54) is 6.42 Å². The number of amides is 1. The first-order valence-electron chi connectivity index (χ1n) is 6.35. The Morgan fingerprint density at radius 1 is 1.61 bits per heavy atom. The molecule has 0 aromatic carbocycles. The Morgan fingerprint density at radius 3 is 3.11 bits per heavy atom. The van der Waals surface area contributed by atoms with E-state index in [0.717, 1.165) is 30.3 Å². The first kappa shape index (κ1) is 13.3. The summed E-state index contributed by atoms with van der Waals surface area (Å²) >= 11 is 3.33. The largest absolute Gasteiger partial charge is 0.383 e. The van der Waals surface area contributed by atoms with Gasteiger partial charge in [0.2, 0.25) is 0 Å². The molecule has 18 heavy (non-hydrogen) atoms. The zero-order chi connectivity index (χ0) is 13.1. The predicted molar refractivity (Wildman–Crippen MR) is 75.3 cm³/mol. The molecule has 5 heteroatoms. The minimum atomic E-state index is 0.00727. The van der Waals surface area contributed by atoms with Crippen molar-refractivity contribution >= 4 is 27.7 Å². The molecule has 1 aromatic rings. The number of aromatic nitrogens is 1. The van der Waals surface area contributed by atoms with Crippen LogP contribution in [0.15, 0.2) is 16.7 Å². The molecule has 2 heterocycles. The van der Waals surface area contributed by atoms with Gasteiger partial charge >= 0.3 is 0 Å². The molecule has 1 aliphatic rings. The van der Waals surface area contributed by atoms with E-state index in [0.29, 0.717) is 17.4 Å². The number of hydrogen-bond acceptors (Lipinski definition) is 3. The highest BCUT2D eigenvalue weighted by atomic mass is 79.9. The first-order chi connectivity index (χ1) is 8.63. The average Bonchev–Trinajstić information content (AvgIpc) is 2.40. The Morgan fingerprint density at radius 2 is 2.39 bits per heavy atom. The molecule has 1 aliphatic heterocycles. The van der Waals surface area contributed by atoms with Crippen molar-refractivity contribution in [3.63, 3.8) is 0 Å². The lowest BCUT2D eigenvalue weighted by Gasteiger charge is -2.35. The molecule has 0 radical (unpaired) electrons. The van der Waals surface area contributed by atoms with E-state index >= 15 is 0 Å². The van der Waals surface area contributed by atoms with Gasteiger partial charge in [0.25, 0.3) is 5.91 Å². The third-order valence-corrected chi connectivity index (χ3v) is 3.91. The van der Waals surface area contributed by atoms with Gasteiger partial charge in [0.15, 0.2) is 0 Å². The summed E-state index contributed by atoms with van der Waals surface area (Å²) in [6.45, 7) is 2.95. The molecule has 1 unspecified atom stereocenters. The maximum atomic E-state index is 12.5. The van der Waals surface area contributed by atoms with Crippen molar-refractivity contribution in [2.24, 2.45) is 0 Å². The standard InChI is InChI=1S/C13H18BrN3O/c1-2-10-5-3-4-6-17(10)13(18)11-7-9(14)8-16-12(11)15/h7-8,10H,2-6H2,1H3,(H2,15,16). The molecular weight excluding hydrogens is 294 g/mol. The smallest absolute Gasteiger partial charge is 0.257 e. The lowest BCUT2D eigenvalue weighted by atomic mass is 9.99. The summed E-state index contributed by atoms with van der Waals surface area (Å²) in [7, 11) is 0. The van der Waals surface area contributed by atoms with Crippen molar-refractivity contribution in [1.29, 1.82) is 0 Å². The highest BCUT2D eigenvalue weighted by molar-refractivity contribution is 9.10. The van der Waals surface area contributed by atoms with Crippen LogP contribution in [0.25, 0.3) is 0 Å². The number of rotatable bonds is 2. The van der Waals surface area contributed by atoms with Gasteiger partial charge in [0.05, 0.1) is 5.56 Å². The van der Waals surface area contributed by atoms with Crippen LogP contribution >= 0.6 is 15.9 Å². The molecular formula is C13H18BrN3O. The van der Waals surface area contributed by atoms with Gasteiger partial charge in [-0.3, -0.25) is 4.79 Å². The van der Waals surface area contributed by atoms with Gasteiger partial charge in [0.1, 0.15) is 5.82 Å². The van der Waals surface area contributed by atoms with Crippen molar-refractivity contribution in [2.45, 2.75) is 38.6 Å². The second-order valence-corrected chi connectivity index (χ2v) is 5.56. The fourth-order valence-electron chi connectivity index (χ4n) is 2.47. The lowest BCUT2D eigenvalue weighted by molar-refractivity contribution is 0.0608. The van der Waals surface area contributed by atoms with E-state index in [4.69, 9.17) is 5.73 Å². The van der Waals surface area contributed by atoms with E-state index in [-0.39, 0.29) is 5.91 Å². The van der Waals surface area contributed by atoms with E-state index in [9.17, 15) is 4.79 Å². The number of piperidine rings is 1. The van der Waals surface area contributed by atoms with E-state index in [1.807, 2.05) is 4.90 Å². The number of carbonyl (C=O) groups is 1. The average molecular weight is 312 g/mol. The van der Waals surface area contributed by atoms with Gasteiger partial charge in [-0.1, -0.05) is 6.92 Å². The van der Waals surface area contributed by atoms with E-state index in [2.05, 4.69) is 27.8 Å². The van der Waals surface area contributed by atoms with Gasteiger partial charge in [-0.05, 0) is 47.7 Å². The predicted octanol–water partition coefficient (Wildman–Crippen LogP) is 2.83. The molecule has 1 atom stereocenters. The van der Waals surface area contributed by atoms with Crippen LogP contribution in [-0.4, -0.2) is 28.4 Å². The number of hydrogen-bond donors (Lipinski definition) is 1. The van der Waals surface area contributed by atoms with Crippen LogP contribution in [0.3, 0.4) is 0 Å². The van der Waals surface area contributed by atoms with Crippen LogP contribution in [-0.2, 0) is 0 Å². The monoisotopic (exact) mass is 311 g/mol. The summed E-state index contributed by atoms with van der Waals surface area (Å²) < 4.78 is 0.783. The van der Waals surface area contributed by atoms with Crippen molar-refractivity contribution < 1.29 is 4.79 Å². The number of likely N-dealkylation sites (tertiary alicyclic amines) is 1. The minimum Gasteiger partial charge on any atom is -0.383 e. The Bertz CT molecular complexity index is 450. The molecule has 1 fully saturated rings. The van der Waals surface area contributed by atoms with Gasteiger partial charge in [0, 0.05) is 23.3 Å². The Labute approximate surface area is 116 Å². The minimum absolute atomic E-state index is 0.00727. The molecule has 4 nitrogen and oxygen atoms in total. The maximum Gasteiger partial charge on any atom is 0.257 e. The molecule has 1 saturated heterocycles. The quantitative estimate of drug-likeness (QED) is 0.913. The second-order valence-electron chi connectivity index (χ2n) is 4.64. The molecule has 1 aromatic heterocycles. The van der Waals surface area contributed by atoms with Gasteiger partial charge in [-0.2, -0.15) is 0 Å². The molecule has 0 spiro atoms. The van der Waals surface area contributed by atoms with E-state index in [1.54, 1.807) is 12.3 Å². The number of anilines is 1. The van der Waals surface area contributed by atoms with Crippen LogP contribution in [0, 0.1) is 0 Å². The van der Waals surface area contributed by atoms with Crippen LogP contribution in [0.5, 0.6) is 0 Å². The number of halogens is 1. The lowest BCUT2D eigenvalue weighted by Crippen LogP contribution is -2.43. The molecule has 0 bridgehead atoms. The van der Waals surface area contributed by atoms with Gasteiger partial charge in [-0.15, -0.1) is 0 Å². The van der Waals surface area contributed by atoms with Crippen molar-refractivity contribution in [3.8, 4) is 0 Å². The first-order valence-corrected chi connectivity index (χ1v) is 7.14. The summed E-state index contributed by atoms with van der Waals surface area (Å²) in [5.74, 6) is 0.316. The van der Waals surface area contributed by atoms with Gasteiger partial charge < -0.3 is 10.6 Å². The zero-order valence-corrected chi connectivity index (χ0v) is 12.1. The summed E-state index contributed by atoms with van der Waals surface area (Å²) in [4.78, 5) is 18.5. The number of nitrogens with zero attached hydrogens (tertiary/aromatic N) is 2. The SMILES string of the molecule is CCC1CCCCN1C(=O)c1cc(Br)cnc1N. The summed E-state index contributed by atoms with van der Waals surface area (Å²) in [6, 6.07) is 2.09. The zero-order valence-electron chi connectivity index (χ0n) is 10.5. The summed E-state index contributed by atoms with van der Waals surface area (Å²) in [6.07, 6.45) is 5.97. The van der Waals surface area contributed by atoms with Crippen LogP contribution in [0.4, 0.5) is 5.82 Å². The Kier molecular flexibility index (Phi) is 4.22. The van der Waals surface area contributed by atoms with Crippen molar-refractivity contribution in [3.05, 3.63) is 22.3 Å². The molecule has 1 amide bonds. The highest BCUT2D eigenvalue weighted by Gasteiger charge is 2.27. The van der Waals surface area contributed by atoms with E-state index < -0.39 is 0 Å². The highest BCUT2D eigenvalue weighted by Crippen LogP contribution is 2.24. The van der Waals surface area contributed by atoms with Crippen molar-refractivity contribution in [2.75, 3.05) is 12.3 Å².